The SMILES string of the molecule is CC1CNC(c2cc[c]cc2)=N1. The lowest BCUT2D eigenvalue weighted by Gasteiger charge is -1.99. The van der Waals surface area contributed by atoms with Crippen LogP contribution in [0, 0.1) is 6.07 Å². The Morgan fingerprint density at radius 1 is 1.50 bits per heavy atom. The van der Waals surface area contributed by atoms with Gasteiger partial charge in [0, 0.05) is 12.1 Å². The molecule has 0 saturated heterocycles. The van der Waals surface area contributed by atoms with Gasteiger partial charge in [-0.25, -0.2) is 0 Å². The molecule has 1 aromatic carbocycles. The molecule has 1 aliphatic rings. The van der Waals surface area contributed by atoms with Crippen molar-refractivity contribution in [3.63, 3.8) is 0 Å². The van der Waals surface area contributed by atoms with E-state index in [1.807, 2.05) is 24.3 Å². The third-order valence-electron chi connectivity index (χ3n) is 1.91. The molecular weight excluding hydrogens is 148 g/mol. The quantitative estimate of drug-likeness (QED) is 0.654. The number of rotatable bonds is 1. The van der Waals surface area contributed by atoms with E-state index in [0.717, 1.165) is 17.9 Å². The summed E-state index contributed by atoms with van der Waals surface area (Å²) in [5.41, 5.74) is 1.15. The molecule has 1 aromatic rings. The first-order chi connectivity index (χ1) is 5.86. The molecule has 1 N–H and O–H groups in total. The van der Waals surface area contributed by atoms with E-state index in [4.69, 9.17) is 0 Å². The highest BCUT2D eigenvalue weighted by Crippen LogP contribution is 2.05. The molecule has 0 amide bonds. The fourth-order valence-corrected chi connectivity index (χ4v) is 1.28. The number of benzene rings is 1. The first kappa shape index (κ1) is 7.35. The molecule has 61 valence electrons. The minimum atomic E-state index is 0.407. The van der Waals surface area contributed by atoms with Crippen molar-refractivity contribution in [3.8, 4) is 0 Å². The summed E-state index contributed by atoms with van der Waals surface area (Å²) in [5.74, 6) is 1.01. The molecule has 1 heterocycles. The van der Waals surface area contributed by atoms with Crippen molar-refractivity contribution in [2.45, 2.75) is 13.0 Å². The number of aliphatic imine (C=N–C) groups is 1. The summed E-state index contributed by atoms with van der Waals surface area (Å²) in [5, 5.41) is 3.26. The molecule has 0 fully saturated rings. The van der Waals surface area contributed by atoms with Crippen molar-refractivity contribution in [1.82, 2.24) is 5.32 Å². The van der Waals surface area contributed by atoms with E-state index in [-0.39, 0.29) is 0 Å². The Morgan fingerprint density at radius 2 is 2.25 bits per heavy atom. The zero-order valence-corrected chi connectivity index (χ0v) is 7.04. The van der Waals surface area contributed by atoms with Crippen LogP contribution in [0.1, 0.15) is 12.5 Å². The molecule has 0 aliphatic carbocycles. The third kappa shape index (κ3) is 1.33. The van der Waals surface area contributed by atoms with Gasteiger partial charge in [0.2, 0.25) is 0 Å². The topological polar surface area (TPSA) is 24.4 Å². The minimum absolute atomic E-state index is 0.407. The first-order valence-corrected chi connectivity index (χ1v) is 4.14. The second-order valence-corrected chi connectivity index (χ2v) is 3.00. The molecule has 0 saturated carbocycles. The molecule has 2 rings (SSSR count). The van der Waals surface area contributed by atoms with Crippen LogP contribution in [0.2, 0.25) is 0 Å². The zero-order valence-electron chi connectivity index (χ0n) is 7.04. The highest BCUT2D eigenvalue weighted by Gasteiger charge is 2.12. The Bertz CT molecular complexity index is 290. The summed E-state index contributed by atoms with van der Waals surface area (Å²) < 4.78 is 0. The van der Waals surface area contributed by atoms with Gasteiger partial charge in [0.25, 0.3) is 0 Å². The van der Waals surface area contributed by atoms with E-state index in [0.29, 0.717) is 6.04 Å². The average molecular weight is 159 g/mol. The summed E-state index contributed by atoms with van der Waals surface area (Å²) in [6.07, 6.45) is 0. The van der Waals surface area contributed by atoms with Crippen LogP contribution < -0.4 is 5.32 Å². The van der Waals surface area contributed by atoms with Gasteiger partial charge in [0.05, 0.1) is 6.04 Å². The summed E-state index contributed by atoms with van der Waals surface area (Å²) >= 11 is 0. The van der Waals surface area contributed by atoms with Crippen LogP contribution >= 0.6 is 0 Å². The summed E-state index contributed by atoms with van der Waals surface area (Å²) in [6.45, 7) is 3.06. The molecule has 12 heavy (non-hydrogen) atoms. The highest BCUT2D eigenvalue weighted by molar-refractivity contribution is 5.99. The number of nitrogens with zero attached hydrogens (tertiary/aromatic N) is 1. The van der Waals surface area contributed by atoms with E-state index < -0.39 is 0 Å². The number of hydrogen-bond donors (Lipinski definition) is 1. The minimum Gasteiger partial charge on any atom is -0.368 e. The first-order valence-electron chi connectivity index (χ1n) is 4.14. The maximum Gasteiger partial charge on any atom is 0.128 e. The molecular formula is C10H11N2. The van der Waals surface area contributed by atoms with Gasteiger partial charge < -0.3 is 5.32 Å². The van der Waals surface area contributed by atoms with E-state index in [1.54, 1.807) is 0 Å². The molecule has 1 atom stereocenters. The van der Waals surface area contributed by atoms with Crippen molar-refractivity contribution >= 4 is 5.84 Å². The molecule has 0 spiro atoms. The fraction of sp³-hybridized carbons (Fsp3) is 0.300. The van der Waals surface area contributed by atoms with Crippen LogP contribution in [0.25, 0.3) is 0 Å². The fourth-order valence-electron chi connectivity index (χ4n) is 1.28. The van der Waals surface area contributed by atoms with Crippen LogP contribution in [0.5, 0.6) is 0 Å². The lowest BCUT2D eigenvalue weighted by atomic mass is 10.2. The molecule has 0 bridgehead atoms. The molecule has 1 aliphatic heterocycles. The predicted molar refractivity (Wildman–Crippen MR) is 49.3 cm³/mol. The van der Waals surface area contributed by atoms with Crippen molar-refractivity contribution in [3.05, 3.63) is 35.9 Å². The Labute approximate surface area is 72.3 Å². The smallest absolute Gasteiger partial charge is 0.128 e. The highest BCUT2D eigenvalue weighted by atomic mass is 15.1. The Balaban J connectivity index is 2.27. The molecule has 1 radical (unpaired) electrons. The zero-order chi connectivity index (χ0) is 8.39. The van der Waals surface area contributed by atoms with Gasteiger partial charge in [-0.05, 0) is 13.0 Å². The summed E-state index contributed by atoms with van der Waals surface area (Å²) in [7, 11) is 0. The van der Waals surface area contributed by atoms with Crippen molar-refractivity contribution in [2.24, 2.45) is 4.99 Å². The standard InChI is InChI=1S/C10H11N2/c1-8-7-11-10(12-8)9-5-3-2-4-6-9/h3-6,8H,7H2,1H3,(H,11,12). The van der Waals surface area contributed by atoms with Gasteiger partial charge in [-0.3, -0.25) is 4.99 Å². The van der Waals surface area contributed by atoms with Crippen LogP contribution in [-0.2, 0) is 0 Å². The van der Waals surface area contributed by atoms with Gasteiger partial charge in [-0.15, -0.1) is 0 Å². The van der Waals surface area contributed by atoms with Crippen LogP contribution in [0.15, 0.2) is 29.3 Å². The van der Waals surface area contributed by atoms with Crippen LogP contribution in [0.4, 0.5) is 0 Å². The Kier molecular flexibility index (Phi) is 1.82. The largest absolute Gasteiger partial charge is 0.368 e. The van der Waals surface area contributed by atoms with Crippen molar-refractivity contribution in [1.29, 1.82) is 0 Å². The molecule has 0 aromatic heterocycles. The number of hydrogen-bond acceptors (Lipinski definition) is 2. The van der Waals surface area contributed by atoms with E-state index in [9.17, 15) is 0 Å². The molecule has 1 unspecified atom stereocenters. The van der Waals surface area contributed by atoms with Crippen LogP contribution in [0.3, 0.4) is 0 Å². The summed E-state index contributed by atoms with van der Waals surface area (Å²) in [4.78, 5) is 4.45. The third-order valence-corrected chi connectivity index (χ3v) is 1.91. The summed E-state index contributed by atoms with van der Waals surface area (Å²) in [6, 6.07) is 11.2. The van der Waals surface area contributed by atoms with E-state index >= 15 is 0 Å². The molecule has 2 nitrogen and oxygen atoms in total. The van der Waals surface area contributed by atoms with Gasteiger partial charge >= 0.3 is 0 Å². The lowest BCUT2D eigenvalue weighted by molar-refractivity contribution is 0.766. The maximum atomic E-state index is 4.45. The van der Waals surface area contributed by atoms with Crippen molar-refractivity contribution < 1.29 is 0 Å². The Hall–Kier alpha value is -1.31. The van der Waals surface area contributed by atoms with Gasteiger partial charge in [0.15, 0.2) is 0 Å². The van der Waals surface area contributed by atoms with Crippen molar-refractivity contribution in [2.75, 3.05) is 6.54 Å². The van der Waals surface area contributed by atoms with Gasteiger partial charge in [-0.2, -0.15) is 0 Å². The average Bonchev–Trinajstić information content (AvgIpc) is 2.54. The second kappa shape index (κ2) is 2.97. The number of amidine groups is 1. The second-order valence-electron chi connectivity index (χ2n) is 3.00. The Morgan fingerprint density at radius 3 is 2.83 bits per heavy atom. The van der Waals surface area contributed by atoms with E-state index in [1.165, 1.54) is 0 Å². The number of nitrogens with one attached hydrogen (secondary N) is 1. The normalized spacial score (nSPS) is 21.8. The monoisotopic (exact) mass is 159 g/mol. The van der Waals surface area contributed by atoms with Gasteiger partial charge in [-0.1, -0.05) is 24.3 Å². The predicted octanol–water partition coefficient (Wildman–Crippen LogP) is 1.23. The maximum absolute atomic E-state index is 4.45. The lowest BCUT2D eigenvalue weighted by Crippen LogP contribution is -2.20. The van der Waals surface area contributed by atoms with Gasteiger partial charge in [0.1, 0.15) is 5.84 Å². The van der Waals surface area contributed by atoms with E-state index in [2.05, 4.69) is 23.3 Å². The van der Waals surface area contributed by atoms with Crippen LogP contribution in [-0.4, -0.2) is 18.4 Å². The molecule has 2 heteroatoms.